The second-order valence-corrected chi connectivity index (χ2v) is 9.51. The molecule has 0 saturated carbocycles. The van der Waals surface area contributed by atoms with Crippen LogP contribution in [0.25, 0.3) is 10.9 Å². The Hall–Kier alpha value is -2.58. The summed E-state index contributed by atoms with van der Waals surface area (Å²) >= 11 is 0. The molecule has 0 amide bonds. The number of nitrogens with zero attached hydrogens (tertiary/aromatic N) is 6. The van der Waals surface area contributed by atoms with Gasteiger partial charge in [0.05, 0.1) is 11.1 Å². The van der Waals surface area contributed by atoms with Crippen LogP contribution >= 0.6 is 0 Å². The molecule has 172 valence electrons. The zero-order chi connectivity index (χ0) is 23.0. The molecule has 8 heteroatoms. The first kappa shape index (κ1) is 22.6. The summed E-state index contributed by atoms with van der Waals surface area (Å²) in [4.78, 5) is 21.4. The maximum Gasteiger partial charge on any atom is 0.253 e. The van der Waals surface area contributed by atoms with E-state index >= 15 is 0 Å². The van der Waals surface area contributed by atoms with E-state index in [2.05, 4.69) is 84.0 Å². The van der Waals surface area contributed by atoms with E-state index in [1.807, 2.05) is 10.7 Å². The minimum absolute atomic E-state index is 0.0713. The molecule has 1 atom stereocenters. The van der Waals surface area contributed by atoms with Crippen LogP contribution in [0.15, 0.2) is 23.0 Å². The van der Waals surface area contributed by atoms with Gasteiger partial charge in [0.2, 0.25) is 0 Å². The lowest BCUT2D eigenvalue weighted by atomic mass is 9.98. The molecular weight excluding hydrogens is 402 g/mol. The highest BCUT2D eigenvalue weighted by Crippen LogP contribution is 2.31. The highest BCUT2D eigenvalue weighted by molar-refractivity contribution is 5.83. The van der Waals surface area contributed by atoms with Gasteiger partial charge in [-0.15, -0.1) is 5.10 Å². The summed E-state index contributed by atoms with van der Waals surface area (Å²) in [5.74, 6) is 0.732. The fourth-order valence-corrected chi connectivity index (χ4v) is 4.53. The van der Waals surface area contributed by atoms with Gasteiger partial charge < -0.3 is 9.88 Å². The molecule has 32 heavy (non-hydrogen) atoms. The first-order valence-corrected chi connectivity index (χ1v) is 11.6. The van der Waals surface area contributed by atoms with Gasteiger partial charge in [-0.05, 0) is 73.7 Å². The third-order valence-corrected chi connectivity index (χ3v) is 7.27. The predicted molar refractivity (Wildman–Crippen MR) is 127 cm³/mol. The van der Waals surface area contributed by atoms with E-state index in [0.717, 1.165) is 61.4 Å². The lowest BCUT2D eigenvalue weighted by Crippen LogP contribution is -2.49. The highest BCUT2D eigenvalue weighted by Gasteiger charge is 2.35. The molecule has 1 aliphatic rings. The van der Waals surface area contributed by atoms with Crippen LogP contribution < -0.4 is 5.56 Å². The number of piperazine rings is 1. The summed E-state index contributed by atoms with van der Waals surface area (Å²) < 4.78 is 1.91. The Labute approximate surface area is 189 Å². The molecular formula is C24H35N7O. The minimum atomic E-state index is -0.301. The Morgan fingerprint density at radius 3 is 2.50 bits per heavy atom. The second-order valence-electron chi connectivity index (χ2n) is 9.51. The van der Waals surface area contributed by atoms with Gasteiger partial charge in [-0.1, -0.05) is 26.0 Å². The molecule has 1 N–H and O–H groups in total. The third-order valence-electron chi connectivity index (χ3n) is 7.27. The molecule has 1 saturated heterocycles. The minimum Gasteiger partial charge on any atom is -0.321 e. The van der Waals surface area contributed by atoms with E-state index in [4.69, 9.17) is 0 Å². The van der Waals surface area contributed by atoms with E-state index in [9.17, 15) is 4.79 Å². The van der Waals surface area contributed by atoms with Crippen molar-refractivity contribution in [2.75, 3.05) is 32.7 Å². The smallest absolute Gasteiger partial charge is 0.253 e. The number of hydrogen-bond acceptors (Lipinski definition) is 6. The molecule has 1 aliphatic heterocycles. The van der Waals surface area contributed by atoms with Gasteiger partial charge in [0.1, 0.15) is 6.04 Å². The molecule has 0 radical (unpaired) electrons. The summed E-state index contributed by atoms with van der Waals surface area (Å²) in [5, 5.41) is 13.9. The first-order valence-electron chi connectivity index (χ1n) is 11.6. The molecule has 2 aromatic heterocycles. The normalized spacial score (nSPS) is 17.2. The molecule has 3 heterocycles. The number of rotatable bonds is 6. The molecule has 4 rings (SSSR count). The van der Waals surface area contributed by atoms with Crippen LogP contribution in [-0.4, -0.2) is 67.7 Å². The summed E-state index contributed by atoms with van der Waals surface area (Å²) in [6.45, 7) is 17.4. The van der Waals surface area contributed by atoms with Crippen LogP contribution in [0.5, 0.6) is 0 Å². The standard InChI is InChI=1S/C24H35N7O/c1-7-24(5,6)31-22(26-27-28-31)21(30-13-11-29(8-2)12-14-30)19-15-18-10-9-16(3)17(4)20(18)25-23(19)32/h9-10,15,21H,7-8,11-14H2,1-6H3,(H,25,32). The van der Waals surface area contributed by atoms with Crippen LogP contribution in [-0.2, 0) is 5.54 Å². The Morgan fingerprint density at radius 1 is 1.12 bits per heavy atom. The van der Waals surface area contributed by atoms with Gasteiger partial charge in [-0.3, -0.25) is 9.69 Å². The lowest BCUT2D eigenvalue weighted by Gasteiger charge is -2.39. The third kappa shape index (κ3) is 3.97. The molecule has 0 bridgehead atoms. The molecule has 1 aromatic carbocycles. The first-order chi connectivity index (χ1) is 15.3. The molecule has 3 aromatic rings. The predicted octanol–water partition coefficient (Wildman–Crippen LogP) is 3.00. The van der Waals surface area contributed by atoms with Gasteiger partial charge >= 0.3 is 0 Å². The Bertz CT molecular complexity index is 1150. The van der Waals surface area contributed by atoms with Gasteiger partial charge in [0.15, 0.2) is 5.82 Å². The molecule has 0 spiro atoms. The molecule has 0 aliphatic carbocycles. The van der Waals surface area contributed by atoms with Gasteiger partial charge in [0.25, 0.3) is 5.56 Å². The fourth-order valence-electron chi connectivity index (χ4n) is 4.53. The van der Waals surface area contributed by atoms with Gasteiger partial charge in [-0.2, -0.15) is 0 Å². The van der Waals surface area contributed by atoms with Crippen LogP contribution in [0.4, 0.5) is 0 Å². The number of pyridine rings is 1. The zero-order valence-corrected chi connectivity index (χ0v) is 20.1. The van der Waals surface area contributed by atoms with E-state index in [0.29, 0.717) is 5.56 Å². The van der Waals surface area contributed by atoms with Crippen molar-refractivity contribution >= 4 is 10.9 Å². The number of nitrogens with one attached hydrogen (secondary N) is 1. The van der Waals surface area contributed by atoms with E-state index < -0.39 is 0 Å². The summed E-state index contributed by atoms with van der Waals surface area (Å²) in [5.41, 5.74) is 3.56. The van der Waals surface area contributed by atoms with Crippen LogP contribution in [0.2, 0.25) is 0 Å². The van der Waals surface area contributed by atoms with Crippen LogP contribution in [0.3, 0.4) is 0 Å². The molecule has 1 unspecified atom stereocenters. The topological polar surface area (TPSA) is 82.9 Å². The van der Waals surface area contributed by atoms with Crippen molar-refractivity contribution < 1.29 is 0 Å². The van der Waals surface area contributed by atoms with Crippen molar-refractivity contribution in [2.24, 2.45) is 0 Å². The molecule has 8 nitrogen and oxygen atoms in total. The lowest BCUT2D eigenvalue weighted by molar-refractivity contribution is 0.105. The van der Waals surface area contributed by atoms with E-state index in [1.54, 1.807) is 0 Å². The largest absolute Gasteiger partial charge is 0.321 e. The van der Waals surface area contributed by atoms with E-state index in [1.165, 1.54) is 5.56 Å². The number of H-pyrrole nitrogens is 1. The maximum absolute atomic E-state index is 13.5. The van der Waals surface area contributed by atoms with Crippen molar-refractivity contribution in [1.82, 2.24) is 35.0 Å². The Kier molecular flexibility index (Phi) is 6.18. The van der Waals surface area contributed by atoms with Crippen molar-refractivity contribution in [2.45, 2.75) is 59.5 Å². The van der Waals surface area contributed by atoms with Crippen LogP contribution in [0, 0.1) is 13.8 Å². The zero-order valence-electron chi connectivity index (χ0n) is 20.1. The van der Waals surface area contributed by atoms with Gasteiger partial charge in [0, 0.05) is 31.7 Å². The number of tetrazole rings is 1. The average Bonchev–Trinajstić information content (AvgIpc) is 3.28. The number of aromatic nitrogens is 5. The quantitative estimate of drug-likeness (QED) is 0.638. The summed E-state index contributed by atoms with van der Waals surface area (Å²) in [7, 11) is 0. The fraction of sp³-hybridized carbons (Fsp3) is 0.583. The SMILES string of the molecule is CCN1CCN(C(c2cc3ccc(C)c(C)c3[nH]c2=O)c2nnnn2C(C)(C)CC)CC1. The van der Waals surface area contributed by atoms with Crippen molar-refractivity contribution in [3.05, 3.63) is 51.1 Å². The average molecular weight is 438 g/mol. The number of likely N-dealkylation sites (N-methyl/N-ethyl adjacent to an activating group) is 1. The van der Waals surface area contributed by atoms with Crippen molar-refractivity contribution in [3.8, 4) is 0 Å². The number of hydrogen-bond donors (Lipinski definition) is 1. The number of aromatic amines is 1. The van der Waals surface area contributed by atoms with E-state index in [-0.39, 0.29) is 17.1 Å². The Balaban J connectivity index is 1.88. The van der Waals surface area contributed by atoms with Crippen molar-refractivity contribution in [3.63, 3.8) is 0 Å². The Morgan fingerprint density at radius 2 is 1.84 bits per heavy atom. The summed E-state index contributed by atoms with van der Waals surface area (Å²) in [6, 6.07) is 5.93. The number of fused-ring (bicyclic) bond motifs is 1. The second kappa shape index (κ2) is 8.75. The summed E-state index contributed by atoms with van der Waals surface area (Å²) in [6.07, 6.45) is 0.883. The monoisotopic (exact) mass is 437 g/mol. The molecule has 1 fully saturated rings. The number of aryl methyl sites for hydroxylation is 2. The van der Waals surface area contributed by atoms with Crippen molar-refractivity contribution in [1.29, 1.82) is 0 Å². The van der Waals surface area contributed by atoms with Crippen LogP contribution in [0.1, 0.15) is 62.7 Å². The maximum atomic E-state index is 13.5. The number of benzene rings is 1. The van der Waals surface area contributed by atoms with Gasteiger partial charge in [-0.25, -0.2) is 4.68 Å². The highest BCUT2D eigenvalue weighted by atomic mass is 16.1.